The molecule has 8 nitrogen and oxygen atoms in total. The monoisotopic (exact) mass is 539 g/mol. The van der Waals surface area contributed by atoms with Crippen molar-refractivity contribution in [3.05, 3.63) is 114 Å². The number of ether oxygens (including phenoxy) is 1. The van der Waals surface area contributed by atoms with Gasteiger partial charge in [0, 0.05) is 12.3 Å². The average molecular weight is 540 g/mol. The van der Waals surface area contributed by atoms with Gasteiger partial charge in [0.05, 0.1) is 0 Å². The van der Waals surface area contributed by atoms with Crippen LogP contribution in [0.15, 0.2) is 97.2 Å². The fourth-order valence-electron chi connectivity index (χ4n) is 4.32. The van der Waals surface area contributed by atoms with E-state index in [1.165, 1.54) is 12.3 Å². The molecule has 2 aliphatic rings. The molecule has 3 aromatic carbocycles. The third-order valence-electron chi connectivity index (χ3n) is 6.48. The summed E-state index contributed by atoms with van der Waals surface area (Å²) in [6, 6.07) is 22.5. The molecule has 0 spiro atoms. The second kappa shape index (κ2) is 13.4. The summed E-state index contributed by atoms with van der Waals surface area (Å²) in [7, 11) is 0. The van der Waals surface area contributed by atoms with E-state index in [2.05, 4.69) is 16.0 Å². The van der Waals surface area contributed by atoms with Crippen molar-refractivity contribution in [3.63, 3.8) is 0 Å². The summed E-state index contributed by atoms with van der Waals surface area (Å²) < 4.78 is 6.24. The van der Waals surface area contributed by atoms with Crippen LogP contribution in [0.1, 0.15) is 36.6 Å². The van der Waals surface area contributed by atoms with E-state index in [4.69, 9.17) is 4.74 Å². The number of nitrogens with one attached hydrogen (secondary N) is 3. The highest BCUT2D eigenvalue weighted by atomic mass is 16.5. The quantitative estimate of drug-likeness (QED) is 0.357. The van der Waals surface area contributed by atoms with Gasteiger partial charge >= 0.3 is 0 Å². The lowest BCUT2D eigenvalue weighted by atomic mass is 9.96. The molecule has 3 amide bonds. The van der Waals surface area contributed by atoms with Crippen LogP contribution < -0.4 is 20.7 Å². The Morgan fingerprint density at radius 2 is 1.57 bits per heavy atom. The van der Waals surface area contributed by atoms with E-state index in [1.54, 1.807) is 54.6 Å². The molecule has 206 valence electrons. The highest BCUT2D eigenvalue weighted by Gasteiger charge is 2.38. The number of hydrogen-bond donors (Lipinski definition) is 4. The summed E-state index contributed by atoms with van der Waals surface area (Å²) in [5.74, 6) is -1.50. The molecule has 0 unspecified atom stereocenters. The molecule has 5 rings (SSSR count). The molecule has 4 N–H and O–H groups in total. The van der Waals surface area contributed by atoms with Gasteiger partial charge in [-0.2, -0.15) is 0 Å². The van der Waals surface area contributed by atoms with E-state index in [1.807, 2.05) is 56.3 Å². The summed E-state index contributed by atoms with van der Waals surface area (Å²) in [6.45, 7) is 3.75. The van der Waals surface area contributed by atoms with Crippen molar-refractivity contribution in [2.24, 2.45) is 5.92 Å². The summed E-state index contributed by atoms with van der Waals surface area (Å²) in [6.07, 6.45) is 3.98. The standard InChI is InChI=1S/C32H33N3O5/c1-21(2)30-28(34-26(36)18-15-22-9-5-3-6-10-22)32(39)35-27(29(37)24-11-7-4-8-12-24)31(38)33-20-19-23-13-16-25(40-30)17-14-23/h3-21,27-30,37H,1-2H3,(H,33,38)(H,34,36)(H,35,39)/t27-,28-,29-,30-/m0/s1. The molecule has 2 bridgehead atoms. The number of benzene rings is 3. The lowest BCUT2D eigenvalue weighted by molar-refractivity contribution is -0.135. The van der Waals surface area contributed by atoms with E-state index in [-0.39, 0.29) is 5.92 Å². The zero-order chi connectivity index (χ0) is 28.5. The minimum Gasteiger partial charge on any atom is -0.487 e. The van der Waals surface area contributed by atoms with Gasteiger partial charge in [-0.25, -0.2) is 0 Å². The Morgan fingerprint density at radius 1 is 0.925 bits per heavy atom. The molecule has 0 radical (unpaired) electrons. The summed E-state index contributed by atoms with van der Waals surface area (Å²) in [4.78, 5) is 40.1. The van der Waals surface area contributed by atoms with Crippen LogP contribution in [0.5, 0.6) is 5.75 Å². The number of carbonyl (C=O) groups is 3. The molecular formula is C32H33N3O5. The minimum absolute atomic E-state index is 0.215. The molecule has 0 saturated carbocycles. The molecule has 3 aromatic rings. The van der Waals surface area contributed by atoms with Gasteiger partial charge in [-0.15, -0.1) is 0 Å². The molecule has 0 saturated heterocycles. The van der Waals surface area contributed by atoms with Gasteiger partial charge in [-0.1, -0.05) is 86.6 Å². The van der Waals surface area contributed by atoms with Gasteiger partial charge in [0.1, 0.15) is 30.0 Å². The van der Waals surface area contributed by atoms with E-state index in [9.17, 15) is 19.5 Å². The Labute approximate surface area is 233 Å². The van der Waals surface area contributed by atoms with Crippen LogP contribution in [0, 0.1) is 5.92 Å². The third-order valence-corrected chi connectivity index (χ3v) is 6.48. The Hall–Kier alpha value is -4.69. The second-order valence-corrected chi connectivity index (χ2v) is 9.81. The van der Waals surface area contributed by atoms with Crippen LogP contribution in [-0.2, 0) is 14.4 Å². The first-order valence-electron chi connectivity index (χ1n) is 13.1. The normalized spacial score (nSPS) is 20.4. The van der Waals surface area contributed by atoms with Gasteiger partial charge in [-0.3, -0.25) is 14.4 Å². The Morgan fingerprint density at radius 3 is 2.23 bits per heavy atom. The average Bonchev–Trinajstić information content (AvgIpc) is 2.97. The molecule has 2 heterocycles. The maximum atomic E-state index is 13.8. The third kappa shape index (κ3) is 7.45. The maximum absolute atomic E-state index is 13.8. The van der Waals surface area contributed by atoms with Crippen molar-refractivity contribution in [2.75, 3.05) is 0 Å². The van der Waals surface area contributed by atoms with E-state index in [0.717, 1.165) is 11.1 Å². The number of hydrogen-bond acceptors (Lipinski definition) is 5. The SMILES string of the molecule is CC(C)[C@@H]1Oc2ccc(cc2)C=CNC(=O)[C@H]([C@@H](O)c2ccccc2)NC(=O)[C@H]1NC(=O)C=Cc1ccccc1. The Bertz CT molecular complexity index is 1350. The Kier molecular flexibility index (Phi) is 9.48. The number of aliphatic hydroxyl groups excluding tert-OH is 1. The fourth-order valence-corrected chi connectivity index (χ4v) is 4.32. The predicted molar refractivity (Wildman–Crippen MR) is 154 cm³/mol. The van der Waals surface area contributed by atoms with Crippen molar-refractivity contribution in [1.29, 1.82) is 0 Å². The number of amides is 3. The van der Waals surface area contributed by atoms with Crippen molar-refractivity contribution in [2.45, 2.75) is 38.1 Å². The predicted octanol–water partition coefficient (Wildman–Crippen LogP) is 3.61. The topological polar surface area (TPSA) is 117 Å². The number of fused-ring (bicyclic) bond motifs is 10. The van der Waals surface area contributed by atoms with Gasteiger partial charge in [0.15, 0.2) is 0 Å². The van der Waals surface area contributed by atoms with Crippen molar-refractivity contribution in [3.8, 4) is 5.75 Å². The van der Waals surface area contributed by atoms with Crippen LogP contribution >= 0.6 is 0 Å². The maximum Gasteiger partial charge on any atom is 0.249 e. The lowest BCUT2D eigenvalue weighted by Crippen LogP contribution is -2.60. The molecule has 4 atom stereocenters. The largest absolute Gasteiger partial charge is 0.487 e. The van der Waals surface area contributed by atoms with Gasteiger partial charge in [-0.05, 0) is 46.9 Å². The smallest absolute Gasteiger partial charge is 0.249 e. The van der Waals surface area contributed by atoms with Crippen LogP contribution in [0.3, 0.4) is 0 Å². The Balaban J connectivity index is 1.69. The van der Waals surface area contributed by atoms with Crippen LogP contribution in [-0.4, -0.2) is 41.0 Å². The summed E-state index contributed by atoms with van der Waals surface area (Å²) in [5, 5.41) is 19.2. The van der Waals surface area contributed by atoms with Crippen molar-refractivity contribution < 1.29 is 24.2 Å². The molecule has 8 heteroatoms. The zero-order valence-corrected chi connectivity index (χ0v) is 22.4. The van der Waals surface area contributed by atoms with Crippen molar-refractivity contribution in [1.82, 2.24) is 16.0 Å². The first-order valence-corrected chi connectivity index (χ1v) is 13.1. The molecule has 0 aromatic heterocycles. The first kappa shape index (κ1) is 28.3. The van der Waals surface area contributed by atoms with E-state index in [0.29, 0.717) is 11.3 Å². The highest BCUT2D eigenvalue weighted by Crippen LogP contribution is 2.22. The van der Waals surface area contributed by atoms with Gasteiger partial charge in [0.2, 0.25) is 17.7 Å². The minimum atomic E-state index is -1.35. The number of carbonyl (C=O) groups excluding carboxylic acids is 3. The fraction of sp³-hybridized carbons (Fsp3) is 0.219. The van der Waals surface area contributed by atoms with E-state index < -0.39 is 42.0 Å². The van der Waals surface area contributed by atoms with Crippen molar-refractivity contribution >= 4 is 29.9 Å². The summed E-state index contributed by atoms with van der Waals surface area (Å²) in [5.41, 5.74) is 2.08. The molecule has 0 aliphatic carbocycles. The number of rotatable bonds is 6. The van der Waals surface area contributed by atoms with E-state index >= 15 is 0 Å². The van der Waals surface area contributed by atoms with Crippen LogP contribution in [0.4, 0.5) is 0 Å². The molecular weight excluding hydrogens is 506 g/mol. The first-order chi connectivity index (χ1) is 19.3. The molecule has 2 aliphatic heterocycles. The molecule has 0 fully saturated rings. The number of aliphatic hydroxyl groups is 1. The van der Waals surface area contributed by atoms with Gasteiger partial charge < -0.3 is 25.8 Å². The second-order valence-electron chi connectivity index (χ2n) is 9.81. The molecule has 40 heavy (non-hydrogen) atoms. The van der Waals surface area contributed by atoms with Crippen LogP contribution in [0.2, 0.25) is 0 Å². The zero-order valence-electron chi connectivity index (χ0n) is 22.4. The van der Waals surface area contributed by atoms with Crippen LogP contribution in [0.25, 0.3) is 12.2 Å². The summed E-state index contributed by atoms with van der Waals surface area (Å²) >= 11 is 0. The highest BCUT2D eigenvalue weighted by molar-refractivity contribution is 5.97. The van der Waals surface area contributed by atoms with Gasteiger partial charge in [0.25, 0.3) is 0 Å². The lowest BCUT2D eigenvalue weighted by Gasteiger charge is -2.32.